The van der Waals surface area contributed by atoms with E-state index in [1.54, 1.807) is 7.11 Å². The van der Waals surface area contributed by atoms with Crippen LogP contribution in [0.5, 0.6) is 5.75 Å². The normalized spacial score (nSPS) is 12.6. The maximum absolute atomic E-state index is 10.4. The van der Waals surface area contributed by atoms with Crippen LogP contribution in [0.25, 0.3) is 11.0 Å². The minimum absolute atomic E-state index is 0.524. The van der Waals surface area contributed by atoms with Crippen molar-refractivity contribution in [2.24, 2.45) is 0 Å². The van der Waals surface area contributed by atoms with Gasteiger partial charge in [-0.3, -0.25) is 0 Å². The number of furan rings is 1. The summed E-state index contributed by atoms with van der Waals surface area (Å²) in [5, 5.41) is 11.3. The lowest BCUT2D eigenvalue weighted by Crippen LogP contribution is -1.97. The first-order valence-corrected chi connectivity index (χ1v) is 6.97. The van der Waals surface area contributed by atoms with Gasteiger partial charge in [0, 0.05) is 15.9 Å². The molecule has 1 heterocycles. The van der Waals surface area contributed by atoms with Gasteiger partial charge in [0.15, 0.2) is 0 Å². The summed E-state index contributed by atoms with van der Waals surface area (Å²) in [5.41, 5.74) is 1.50. The van der Waals surface area contributed by atoms with Gasteiger partial charge in [-0.25, -0.2) is 0 Å². The molecule has 0 aliphatic rings. The first kappa shape index (κ1) is 13.2. The van der Waals surface area contributed by atoms with Gasteiger partial charge in [-0.1, -0.05) is 28.1 Å². The first-order valence-electron chi connectivity index (χ1n) is 6.18. The Morgan fingerprint density at radius 1 is 1.10 bits per heavy atom. The van der Waals surface area contributed by atoms with Gasteiger partial charge in [0.05, 0.1) is 7.11 Å². The molecule has 0 spiro atoms. The molecule has 1 N–H and O–H groups in total. The van der Waals surface area contributed by atoms with E-state index in [1.807, 2.05) is 48.5 Å². The summed E-state index contributed by atoms with van der Waals surface area (Å²) < 4.78 is 11.9. The molecule has 1 aromatic heterocycles. The molecule has 20 heavy (non-hydrogen) atoms. The number of halogens is 1. The van der Waals surface area contributed by atoms with Crippen molar-refractivity contribution in [1.82, 2.24) is 0 Å². The SMILES string of the molecule is COc1ccc2cc(C(O)c3ccc(Br)cc3)oc2c1. The van der Waals surface area contributed by atoms with Crippen LogP contribution >= 0.6 is 15.9 Å². The molecule has 0 saturated carbocycles. The highest BCUT2D eigenvalue weighted by Gasteiger charge is 2.15. The van der Waals surface area contributed by atoms with Crippen LogP contribution in [0.4, 0.5) is 0 Å². The van der Waals surface area contributed by atoms with E-state index in [9.17, 15) is 5.11 Å². The van der Waals surface area contributed by atoms with Crippen LogP contribution in [0.1, 0.15) is 17.4 Å². The van der Waals surface area contributed by atoms with Gasteiger partial charge in [-0.2, -0.15) is 0 Å². The summed E-state index contributed by atoms with van der Waals surface area (Å²) in [6.45, 7) is 0. The molecule has 0 bridgehead atoms. The summed E-state index contributed by atoms with van der Waals surface area (Å²) in [5.74, 6) is 1.26. The molecule has 3 aromatic rings. The topological polar surface area (TPSA) is 42.6 Å². The van der Waals surface area contributed by atoms with E-state index in [1.165, 1.54) is 0 Å². The minimum atomic E-state index is -0.776. The highest BCUT2D eigenvalue weighted by atomic mass is 79.9. The molecule has 0 aliphatic carbocycles. The zero-order valence-corrected chi connectivity index (χ0v) is 12.4. The van der Waals surface area contributed by atoms with Gasteiger partial charge in [-0.05, 0) is 35.9 Å². The van der Waals surface area contributed by atoms with Gasteiger partial charge in [-0.15, -0.1) is 0 Å². The molecule has 0 radical (unpaired) electrons. The highest BCUT2D eigenvalue weighted by molar-refractivity contribution is 9.10. The van der Waals surface area contributed by atoms with Crippen molar-refractivity contribution >= 4 is 26.9 Å². The van der Waals surface area contributed by atoms with Gasteiger partial charge in [0.25, 0.3) is 0 Å². The lowest BCUT2D eigenvalue weighted by Gasteiger charge is -2.07. The smallest absolute Gasteiger partial charge is 0.138 e. The Morgan fingerprint density at radius 3 is 2.55 bits per heavy atom. The molecule has 0 aliphatic heterocycles. The van der Waals surface area contributed by atoms with Crippen molar-refractivity contribution in [2.75, 3.05) is 7.11 Å². The summed E-state index contributed by atoms with van der Waals surface area (Å²) in [7, 11) is 1.61. The second-order valence-corrected chi connectivity index (χ2v) is 5.42. The van der Waals surface area contributed by atoms with E-state index in [4.69, 9.17) is 9.15 Å². The molecular formula is C16H13BrO3. The Labute approximate surface area is 124 Å². The van der Waals surface area contributed by atoms with Crippen molar-refractivity contribution in [2.45, 2.75) is 6.10 Å². The summed E-state index contributed by atoms with van der Waals surface area (Å²) in [6, 6.07) is 15.0. The van der Waals surface area contributed by atoms with Gasteiger partial charge in [0.2, 0.25) is 0 Å². The monoisotopic (exact) mass is 332 g/mol. The van der Waals surface area contributed by atoms with Crippen molar-refractivity contribution < 1.29 is 14.3 Å². The van der Waals surface area contributed by atoms with Crippen molar-refractivity contribution in [1.29, 1.82) is 0 Å². The van der Waals surface area contributed by atoms with Crippen LogP contribution in [0.3, 0.4) is 0 Å². The molecule has 3 nitrogen and oxygen atoms in total. The van der Waals surface area contributed by atoms with Crippen molar-refractivity contribution in [3.63, 3.8) is 0 Å². The predicted octanol–water partition coefficient (Wildman–Crippen LogP) is 4.29. The third-order valence-electron chi connectivity index (χ3n) is 3.20. The fourth-order valence-corrected chi connectivity index (χ4v) is 2.37. The van der Waals surface area contributed by atoms with Crippen LogP contribution in [0.2, 0.25) is 0 Å². The Balaban J connectivity index is 1.98. The predicted molar refractivity (Wildman–Crippen MR) is 81.0 cm³/mol. The molecule has 2 aromatic carbocycles. The zero-order valence-electron chi connectivity index (χ0n) is 10.8. The maximum Gasteiger partial charge on any atom is 0.138 e. The van der Waals surface area contributed by atoms with Crippen molar-refractivity contribution in [3.05, 3.63) is 64.3 Å². The highest BCUT2D eigenvalue weighted by Crippen LogP contribution is 2.30. The molecule has 0 amide bonds. The van der Waals surface area contributed by atoms with Crippen LogP contribution < -0.4 is 4.74 Å². The Morgan fingerprint density at radius 2 is 1.85 bits per heavy atom. The summed E-state index contributed by atoms with van der Waals surface area (Å²) in [6.07, 6.45) is -0.776. The molecule has 1 unspecified atom stereocenters. The van der Waals surface area contributed by atoms with E-state index in [-0.39, 0.29) is 0 Å². The summed E-state index contributed by atoms with van der Waals surface area (Å²) in [4.78, 5) is 0. The Hall–Kier alpha value is -1.78. The second kappa shape index (κ2) is 5.31. The van der Waals surface area contributed by atoms with Crippen LogP contribution in [-0.4, -0.2) is 12.2 Å². The Kier molecular flexibility index (Phi) is 3.51. The molecule has 4 heteroatoms. The number of ether oxygens (including phenoxy) is 1. The largest absolute Gasteiger partial charge is 0.497 e. The fraction of sp³-hybridized carbons (Fsp3) is 0.125. The average Bonchev–Trinajstić information content (AvgIpc) is 2.90. The number of methoxy groups -OCH3 is 1. The van der Waals surface area contributed by atoms with E-state index in [0.717, 1.165) is 21.2 Å². The van der Waals surface area contributed by atoms with Crippen molar-refractivity contribution in [3.8, 4) is 5.75 Å². The zero-order chi connectivity index (χ0) is 14.1. The number of hydrogen-bond acceptors (Lipinski definition) is 3. The first-order chi connectivity index (χ1) is 9.67. The molecule has 102 valence electrons. The number of benzene rings is 2. The molecule has 0 saturated heterocycles. The second-order valence-electron chi connectivity index (χ2n) is 4.51. The van der Waals surface area contributed by atoms with Gasteiger partial charge >= 0.3 is 0 Å². The standard InChI is InChI=1S/C16H13BrO3/c1-19-13-7-4-11-8-15(20-14(11)9-13)16(18)10-2-5-12(17)6-3-10/h2-9,16,18H,1H3. The van der Waals surface area contributed by atoms with Gasteiger partial charge in [0.1, 0.15) is 23.2 Å². The number of aliphatic hydroxyl groups is 1. The number of rotatable bonds is 3. The quantitative estimate of drug-likeness (QED) is 0.778. The van der Waals surface area contributed by atoms with Crippen LogP contribution in [-0.2, 0) is 0 Å². The third-order valence-corrected chi connectivity index (χ3v) is 3.73. The number of hydrogen-bond donors (Lipinski definition) is 1. The van der Waals surface area contributed by atoms with E-state index >= 15 is 0 Å². The van der Waals surface area contributed by atoms with E-state index in [0.29, 0.717) is 11.3 Å². The third kappa shape index (κ3) is 2.44. The van der Waals surface area contributed by atoms with Crippen LogP contribution in [0.15, 0.2) is 57.4 Å². The molecule has 3 rings (SSSR count). The molecule has 0 fully saturated rings. The number of fused-ring (bicyclic) bond motifs is 1. The van der Waals surface area contributed by atoms with E-state index < -0.39 is 6.10 Å². The minimum Gasteiger partial charge on any atom is -0.497 e. The maximum atomic E-state index is 10.4. The molecular weight excluding hydrogens is 320 g/mol. The molecule has 1 atom stereocenters. The lowest BCUT2D eigenvalue weighted by molar-refractivity contribution is 0.192. The van der Waals surface area contributed by atoms with Gasteiger partial charge < -0.3 is 14.3 Å². The average molecular weight is 333 g/mol. The fourth-order valence-electron chi connectivity index (χ4n) is 2.10. The Bertz CT molecular complexity index is 731. The number of aliphatic hydroxyl groups excluding tert-OH is 1. The summed E-state index contributed by atoms with van der Waals surface area (Å²) >= 11 is 3.38. The van der Waals surface area contributed by atoms with E-state index in [2.05, 4.69) is 15.9 Å². The van der Waals surface area contributed by atoms with Crippen LogP contribution in [0, 0.1) is 0 Å². The lowest BCUT2D eigenvalue weighted by atomic mass is 10.1.